The molecule has 0 bridgehead atoms. The molecule has 1 saturated heterocycles. The van der Waals surface area contributed by atoms with E-state index in [0.29, 0.717) is 38.8 Å². The molecular formula is C19H29FN4O3. The molecule has 2 rings (SSSR count). The van der Waals surface area contributed by atoms with Crippen LogP contribution >= 0.6 is 0 Å². The van der Waals surface area contributed by atoms with Gasteiger partial charge in [0.1, 0.15) is 5.82 Å². The van der Waals surface area contributed by atoms with Crippen LogP contribution in [0.1, 0.15) is 24.9 Å². The molecule has 0 spiro atoms. The number of aliphatic imine (C=N–C) groups is 1. The Morgan fingerprint density at radius 2 is 2.00 bits per heavy atom. The molecule has 150 valence electrons. The number of rotatable bonds is 8. The molecule has 1 aromatic rings. The fraction of sp³-hybridized carbons (Fsp3) is 0.579. The maximum atomic E-state index is 13.3. The SMILES string of the molecule is CCNC(=NCC(c1ccc(F)cc1)N1CCOCC1)NCCC(=O)OC. The van der Waals surface area contributed by atoms with Crippen molar-refractivity contribution in [3.63, 3.8) is 0 Å². The summed E-state index contributed by atoms with van der Waals surface area (Å²) in [6.45, 7) is 6.63. The predicted octanol–water partition coefficient (Wildman–Crippen LogP) is 1.32. The monoisotopic (exact) mass is 380 g/mol. The second-order valence-electron chi connectivity index (χ2n) is 6.19. The number of benzene rings is 1. The summed E-state index contributed by atoms with van der Waals surface area (Å²) < 4.78 is 23.4. The summed E-state index contributed by atoms with van der Waals surface area (Å²) in [6.07, 6.45) is 0.270. The highest BCUT2D eigenvalue weighted by Crippen LogP contribution is 2.22. The van der Waals surface area contributed by atoms with Crippen molar-refractivity contribution in [2.24, 2.45) is 4.99 Å². The molecule has 1 fully saturated rings. The highest BCUT2D eigenvalue weighted by molar-refractivity contribution is 5.80. The van der Waals surface area contributed by atoms with Crippen LogP contribution in [-0.2, 0) is 14.3 Å². The predicted molar refractivity (Wildman–Crippen MR) is 102 cm³/mol. The van der Waals surface area contributed by atoms with Crippen LogP contribution in [0.2, 0.25) is 0 Å². The van der Waals surface area contributed by atoms with E-state index < -0.39 is 0 Å². The van der Waals surface area contributed by atoms with E-state index in [1.165, 1.54) is 19.2 Å². The molecule has 1 aliphatic rings. The minimum Gasteiger partial charge on any atom is -0.469 e. The summed E-state index contributed by atoms with van der Waals surface area (Å²) >= 11 is 0. The van der Waals surface area contributed by atoms with Crippen molar-refractivity contribution in [1.82, 2.24) is 15.5 Å². The lowest BCUT2D eigenvalue weighted by Crippen LogP contribution is -2.42. The van der Waals surface area contributed by atoms with Crippen LogP contribution in [0.3, 0.4) is 0 Å². The quantitative estimate of drug-likeness (QED) is 0.403. The molecule has 0 aromatic heterocycles. The van der Waals surface area contributed by atoms with Gasteiger partial charge in [-0.3, -0.25) is 14.7 Å². The molecule has 1 atom stereocenters. The van der Waals surface area contributed by atoms with Crippen LogP contribution in [0.4, 0.5) is 4.39 Å². The minimum atomic E-state index is -0.268. The smallest absolute Gasteiger partial charge is 0.307 e. The zero-order valence-corrected chi connectivity index (χ0v) is 16.0. The number of nitrogens with one attached hydrogen (secondary N) is 2. The van der Waals surface area contributed by atoms with Gasteiger partial charge in [-0.15, -0.1) is 0 Å². The number of hydrogen-bond donors (Lipinski definition) is 2. The van der Waals surface area contributed by atoms with E-state index in [1.807, 2.05) is 19.1 Å². The van der Waals surface area contributed by atoms with Gasteiger partial charge in [0, 0.05) is 26.2 Å². The van der Waals surface area contributed by atoms with E-state index >= 15 is 0 Å². The van der Waals surface area contributed by atoms with Gasteiger partial charge in [-0.2, -0.15) is 0 Å². The summed E-state index contributed by atoms with van der Waals surface area (Å²) in [4.78, 5) is 18.2. The first-order valence-electron chi connectivity index (χ1n) is 9.30. The number of carbonyl (C=O) groups excluding carboxylic acids is 1. The Kier molecular flexibility index (Phi) is 9.00. The normalized spacial score (nSPS) is 16.6. The van der Waals surface area contributed by atoms with Gasteiger partial charge >= 0.3 is 5.97 Å². The lowest BCUT2D eigenvalue weighted by Gasteiger charge is -2.34. The maximum Gasteiger partial charge on any atom is 0.307 e. The zero-order chi connectivity index (χ0) is 19.5. The summed E-state index contributed by atoms with van der Waals surface area (Å²) in [5.41, 5.74) is 1.02. The van der Waals surface area contributed by atoms with Crippen molar-refractivity contribution in [1.29, 1.82) is 0 Å². The molecule has 1 aliphatic heterocycles. The van der Waals surface area contributed by atoms with Gasteiger partial charge in [-0.1, -0.05) is 12.1 Å². The first kappa shape index (κ1) is 21.1. The second-order valence-corrected chi connectivity index (χ2v) is 6.19. The van der Waals surface area contributed by atoms with E-state index in [-0.39, 0.29) is 24.2 Å². The lowest BCUT2D eigenvalue weighted by atomic mass is 10.0. The number of nitrogens with zero attached hydrogens (tertiary/aromatic N) is 2. The van der Waals surface area contributed by atoms with Gasteiger partial charge in [0.25, 0.3) is 0 Å². The molecule has 2 N–H and O–H groups in total. The van der Waals surface area contributed by atoms with Crippen molar-refractivity contribution in [3.8, 4) is 0 Å². The van der Waals surface area contributed by atoms with Crippen molar-refractivity contribution >= 4 is 11.9 Å². The zero-order valence-electron chi connectivity index (χ0n) is 16.0. The summed E-state index contributed by atoms with van der Waals surface area (Å²) in [7, 11) is 1.37. The number of methoxy groups -OCH3 is 1. The number of ether oxygens (including phenoxy) is 2. The third-order valence-electron chi connectivity index (χ3n) is 4.36. The first-order chi connectivity index (χ1) is 13.1. The second kappa shape index (κ2) is 11.5. The number of guanidine groups is 1. The summed E-state index contributed by atoms with van der Waals surface area (Å²) in [5, 5.41) is 6.32. The van der Waals surface area contributed by atoms with Crippen molar-refractivity contribution in [2.45, 2.75) is 19.4 Å². The molecule has 1 unspecified atom stereocenters. The Hall–Kier alpha value is -2.19. The van der Waals surface area contributed by atoms with Crippen LogP contribution in [-0.4, -0.2) is 69.9 Å². The Morgan fingerprint density at radius 3 is 2.63 bits per heavy atom. The van der Waals surface area contributed by atoms with Gasteiger partial charge in [0.2, 0.25) is 0 Å². The average molecular weight is 380 g/mol. The standard InChI is InChI=1S/C19H29FN4O3/c1-3-21-19(22-9-8-18(25)26-2)23-14-17(24-10-12-27-13-11-24)15-4-6-16(20)7-5-15/h4-7,17H,3,8-14H2,1-2H3,(H2,21,22,23). The molecule has 0 radical (unpaired) electrons. The lowest BCUT2D eigenvalue weighted by molar-refractivity contribution is -0.140. The number of esters is 1. The number of morpholine rings is 1. The third-order valence-corrected chi connectivity index (χ3v) is 4.36. The first-order valence-corrected chi connectivity index (χ1v) is 9.30. The molecule has 8 heteroatoms. The van der Waals surface area contributed by atoms with Crippen LogP contribution in [0.5, 0.6) is 0 Å². The van der Waals surface area contributed by atoms with Crippen LogP contribution < -0.4 is 10.6 Å². The van der Waals surface area contributed by atoms with E-state index in [1.54, 1.807) is 0 Å². The van der Waals surface area contributed by atoms with Crippen LogP contribution in [0.25, 0.3) is 0 Å². The molecule has 7 nitrogen and oxygen atoms in total. The molecule has 0 amide bonds. The Bertz CT molecular complexity index is 603. The Balaban J connectivity index is 2.07. The Labute approximate surface area is 159 Å². The van der Waals surface area contributed by atoms with E-state index in [4.69, 9.17) is 4.74 Å². The van der Waals surface area contributed by atoms with Gasteiger partial charge < -0.3 is 20.1 Å². The molecule has 0 aliphatic carbocycles. The molecule has 1 heterocycles. The van der Waals surface area contributed by atoms with E-state index in [0.717, 1.165) is 18.7 Å². The number of halogens is 1. The molecule has 0 saturated carbocycles. The van der Waals surface area contributed by atoms with Gasteiger partial charge in [0.15, 0.2) is 5.96 Å². The maximum absolute atomic E-state index is 13.3. The highest BCUT2D eigenvalue weighted by Gasteiger charge is 2.22. The van der Waals surface area contributed by atoms with Crippen molar-refractivity contribution in [3.05, 3.63) is 35.6 Å². The van der Waals surface area contributed by atoms with Crippen LogP contribution in [0, 0.1) is 5.82 Å². The number of carbonyl (C=O) groups is 1. The third kappa shape index (κ3) is 7.15. The number of hydrogen-bond acceptors (Lipinski definition) is 5. The Morgan fingerprint density at radius 1 is 1.30 bits per heavy atom. The van der Waals surface area contributed by atoms with Crippen molar-refractivity contribution < 1.29 is 18.7 Å². The summed E-state index contributed by atoms with van der Waals surface area (Å²) in [5.74, 6) is 0.124. The average Bonchev–Trinajstić information content (AvgIpc) is 2.70. The van der Waals surface area contributed by atoms with E-state index in [9.17, 15) is 9.18 Å². The summed E-state index contributed by atoms with van der Waals surface area (Å²) in [6, 6.07) is 6.61. The minimum absolute atomic E-state index is 0.0329. The molecule has 1 aromatic carbocycles. The fourth-order valence-electron chi connectivity index (χ4n) is 2.91. The van der Waals surface area contributed by atoms with Gasteiger partial charge in [-0.05, 0) is 24.6 Å². The topological polar surface area (TPSA) is 75.2 Å². The largest absolute Gasteiger partial charge is 0.469 e. The molecular weight excluding hydrogens is 351 g/mol. The van der Waals surface area contributed by atoms with Gasteiger partial charge in [0.05, 0.1) is 39.3 Å². The van der Waals surface area contributed by atoms with Crippen LogP contribution in [0.15, 0.2) is 29.3 Å². The highest BCUT2D eigenvalue weighted by atomic mass is 19.1. The van der Waals surface area contributed by atoms with Gasteiger partial charge in [-0.25, -0.2) is 4.39 Å². The fourth-order valence-corrected chi connectivity index (χ4v) is 2.91. The van der Waals surface area contributed by atoms with E-state index in [2.05, 4.69) is 25.3 Å². The van der Waals surface area contributed by atoms with Crippen molar-refractivity contribution in [2.75, 3.05) is 53.0 Å². The molecule has 27 heavy (non-hydrogen) atoms.